The summed E-state index contributed by atoms with van der Waals surface area (Å²) < 4.78 is 11.7. The summed E-state index contributed by atoms with van der Waals surface area (Å²) in [5, 5.41) is 27.0. The first kappa shape index (κ1) is 27.7. The Hall–Kier alpha value is -3.30. The van der Waals surface area contributed by atoms with Crippen LogP contribution in [0.25, 0.3) is 0 Å². The lowest BCUT2D eigenvalue weighted by molar-refractivity contribution is -0.118. The van der Waals surface area contributed by atoms with Crippen molar-refractivity contribution in [3.8, 4) is 11.5 Å². The van der Waals surface area contributed by atoms with E-state index in [0.717, 1.165) is 36.9 Å². The SMILES string of the molecule is CCCC1(CCC)OC(=O)N(CCC(C)(C)NCC(O)c2cc(O)cc3c2OCC(=O)N3)c2ccccc21. The average molecular weight is 526 g/mol. The van der Waals surface area contributed by atoms with Crippen molar-refractivity contribution in [1.29, 1.82) is 0 Å². The van der Waals surface area contributed by atoms with Gasteiger partial charge in [0.15, 0.2) is 6.61 Å². The van der Waals surface area contributed by atoms with Crippen molar-refractivity contribution in [2.24, 2.45) is 0 Å². The fourth-order valence-electron chi connectivity index (χ4n) is 5.41. The van der Waals surface area contributed by atoms with Gasteiger partial charge in [0.2, 0.25) is 0 Å². The van der Waals surface area contributed by atoms with E-state index in [9.17, 15) is 19.8 Å². The highest BCUT2D eigenvalue weighted by molar-refractivity contribution is 5.96. The minimum atomic E-state index is -0.991. The summed E-state index contributed by atoms with van der Waals surface area (Å²) in [6.07, 6.45) is 2.69. The molecule has 38 heavy (non-hydrogen) atoms. The van der Waals surface area contributed by atoms with Gasteiger partial charge >= 0.3 is 6.09 Å². The number of carbonyl (C=O) groups excluding carboxylic acids is 2. The Balaban J connectivity index is 1.45. The van der Waals surface area contributed by atoms with Crippen LogP contribution in [-0.4, -0.2) is 47.4 Å². The number of anilines is 2. The van der Waals surface area contributed by atoms with Gasteiger partial charge in [-0.1, -0.05) is 44.9 Å². The summed E-state index contributed by atoms with van der Waals surface area (Å²) >= 11 is 0. The van der Waals surface area contributed by atoms with Crippen molar-refractivity contribution in [3.63, 3.8) is 0 Å². The van der Waals surface area contributed by atoms with Crippen molar-refractivity contribution in [2.75, 3.05) is 29.9 Å². The van der Waals surface area contributed by atoms with E-state index in [0.29, 0.717) is 30.0 Å². The number of hydrogen-bond acceptors (Lipinski definition) is 7. The fraction of sp³-hybridized carbons (Fsp3) is 0.517. The topological polar surface area (TPSA) is 120 Å². The van der Waals surface area contributed by atoms with Crippen molar-refractivity contribution >= 4 is 23.4 Å². The molecule has 0 saturated carbocycles. The van der Waals surface area contributed by atoms with E-state index >= 15 is 0 Å². The van der Waals surface area contributed by atoms with Crippen LogP contribution in [0.15, 0.2) is 36.4 Å². The molecule has 0 spiro atoms. The van der Waals surface area contributed by atoms with Crippen molar-refractivity contribution < 1.29 is 29.3 Å². The first-order chi connectivity index (χ1) is 18.1. The second-order valence-electron chi connectivity index (χ2n) is 10.8. The molecule has 0 bridgehead atoms. The zero-order valence-electron chi connectivity index (χ0n) is 22.7. The average Bonchev–Trinajstić information content (AvgIpc) is 2.86. The number of carbonyl (C=O) groups is 2. The van der Waals surface area contributed by atoms with E-state index in [4.69, 9.17) is 9.47 Å². The fourth-order valence-corrected chi connectivity index (χ4v) is 5.41. The van der Waals surface area contributed by atoms with E-state index in [1.807, 2.05) is 32.0 Å². The highest BCUT2D eigenvalue weighted by Gasteiger charge is 2.44. The number of cyclic esters (lactones) is 1. The van der Waals surface area contributed by atoms with Gasteiger partial charge in [0.25, 0.3) is 5.91 Å². The van der Waals surface area contributed by atoms with Gasteiger partial charge in [-0.2, -0.15) is 0 Å². The molecule has 0 radical (unpaired) electrons. The monoisotopic (exact) mass is 525 g/mol. The van der Waals surface area contributed by atoms with E-state index in [-0.39, 0.29) is 30.9 Å². The maximum atomic E-state index is 13.3. The Morgan fingerprint density at radius 3 is 2.58 bits per heavy atom. The Morgan fingerprint density at radius 2 is 1.87 bits per heavy atom. The molecule has 0 aliphatic carbocycles. The van der Waals surface area contributed by atoms with Crippen LogP contribution >= 0.6 is 0 Å². The molecule has 206 valence electrons. The van der Waals surface area contributed by atoms with Gasteiger partial charge in [0.1, 0.15) is 17.1 Å². The summed E-state index contributed by atoms with van der Waals surface area (Å²) in [6, 6.07) is 10.8. The lowest BCUT2D eigenvalue weighted by Crippen LogP contribution is -2.49. The summed E-state index contributed by atoms with van der Waals surface area (Å²) in [7, 11) is 0. The largest absolute Gasteiger partial charge is 0.508 e. The molecule has 0 aromatic heterocycles. The Labute approximate surface area is 224 Å². The number of nitrogens with zero attached hydrogens (tertiary/aromatic N) is 1. The predicted octanol–water partition coefficient (Wildman–Crippen LogP) is 4.97. The third-order valence-electron chi connectivity index (χ3n) is 7.31. The number of aromatic hydroxyl groups is 1. The Morgan fingerprint density at radius 1 is 1.16 bits per heavy atom. The molecular weight excluding hydrogens is 486 g/mol. The van der Waals surface area contributed by atoms with Crippen LogP contribution < -0.4 is 20.3 Å². The number of fused-ring (bicyclic) bond motifs is 2. The first-order valence-corrected chi connectivity index (χ1v) is 13.4. The number of hydrogen-bond donors (Lipinski definition) is 4. The predicted molar refractivity (Wildman–Crippen MR) is 146 cm³/mol. The van der Waals surface area contributed by atoms with Crippen LogP contribution in [-0.2, 0) is 15.1 Å². The van der Waals surface area contributed by atoms with Crippen LogP contribution in [0.1, 0.15) is 77.0 Å². The number of aliphatic hydroxyl groups is 1. The molecule has 2 aromatic rings. The zero-order chi connectivity index (χ0) is 27.5. The maximum absolute atomic E-state index is 13.3. The molecule has 1 unspecified atom stereocenters. The van der Waals surface area contributed by atoms with Crippen LogP contribution in [0.3, 0.4) is 0 Å². The Bertz CT molecular complexity index is 1170. The molecular formula is C29H39N3O6. The molecule has 4 N–H and O–H groups in total. The molecule has 9 nitrogen and oxygen atoms in total. The number of ether oxygens (including phenoxy) is 2. The van der Waals surface area contributed by atoms with Gasteiger partial charge in [-0.25, -0.2) is 4.79 Å². The van der Waals surface area contributed by atoms with Gasteiger partial charge in [0, 0.05) is 35.8 Å². The minimum Gasteiger partial charge on any atom is -0.508 e. The number of phenols is 1. The number of amides is 2. The van der Waals surface area contributed by atoms with Crippen LogP contribution in [0.2, 0.25) is 0 Å². The standard InChI is InChI=1S/C29H39N3O6/c1-5-11-29(12-6-2)21-9-7-8-10-23(21)32(27(36)38-29)14-13-28(3,4)30-17-24(34)20-15-19(33)16-22-26(20)37-18-25(35)31-22/h7-10,15-16,24,30,33-34H,5-6,11-14,17-18H2,1-4H3,(H,31,35). The molecule has 2 aliphatic rings. The maximum Gasteiger partial charge on any atom is 0.415 e. The number of β-amino-alcohol motifs (C(OH)–C–C–N with tert-alkyl or cyclic N) is 1. The van der Waals surface area contributed by atoms with Gasteiger partial charge in [-0.3, -0.25) is 9.69 Å². The molecule has 2 heterocycles. The smallest absolute Gasteiger partial charge is 0.415 e. The van der Waals surface area contributed by atoms with E-state index in [1.165, 1.54) is 12.1 Å². The van der Waals surface area contributed by atoms with Crippen LogP contribution in [0.5, 0.6) is 11.5 Å². The summed E-state index contributed by atoms with van der Waals surface area (Å²) in [5.41, 5.74) is 1.65. The van der Waals surface area contributed by atoms with Gasteiger partial charge in [0.05, 0.1) is 17.5 Å². The van der Waals surface area contributed by atoms with Gasteiger partial charge < -0.3 is 30.3 Å². The van der Waals surface area contributed by atoms with Crippen LogP contribution in [0.4, 0.5) is 16.2 Å². The summed E-state index contributed by atoms with van der Waals surface area (Å²) in [5.74, 6) is -0.0422. The van der Waals surface area contributed by atoms with Crippen molar-refractivity contribution in [3.05, 3.63) is 47.5 Å². The molecule has 9 heteroatoms. The highest BCUT2D eigenvalue weighted by atomic mass is 16.6. The molecule has 4 rings (SSSR count). The number of rotatable bonds is 11. The summed E-state index contributed by atoms with van der Waals surface area (Å²) in [6.45, 7) is 8.70. The highest BCUT2D eigenvalue weighted by Crippen LogP contribution is 2.45. The molecule has 2 aliphatic heterocycles. The Kier molecular flexibility index (Phi) is 8.18. The van der Waals surface area contributed by atoms with Gasteiger partial charge in [-0.15, -0.1) is 0 Å². The first-order valence-electron chi connectivity index (χ1n) is 13.4. The lowest BCUT2D eigenvalue weighted by Gasteiger charge is -2.43. The summed E-state index contributed by atoms with van der Waals surface area (Å²) in [4.78, 5) is 26.6. The molecule has 0 fully saturated rings. The van der Waals surface area contributed by atoms with E-state index in [1.54, 1.807) is 4.90 Å². The number of nitrogens with one attached hydrogen (secondary N) is 2. The minimum absolute atomic E-state index is 0.0765. The molecule has 2 aromatic carbocycles. The van der Waals surface area contributed by atoms with Crippen molar-refractivity contribution in [1.82, 2.24) is 5.32 Å². The number of para-hydroxylation sites is 1. The number of aliphatic hydroxyl groups excluding tert-OH is 1. The zero-order valence-corrected chi connectivity index (χ0v) is 22.7. The second-order valence-corrected chi connectivity index (χ2v) is 10.8. The van der Waals surface area contributed by atoms with E-state index in [2.05, 4.69) is 30.5 Å². The van der Waals surface area contributed by atoms with Gasteiger partial charge in [-0.05, 0) is 45.2 Å². The van der Waals surface area contributed by atoms with Crippen LogP contribution in [0, 0.1) is 0 Å². The molecule has 2 amide bonds. The quantitative estimate of drug-likeness (QED) is 0.327. The number of benzene rings is 2. The second kappa shape index (κ2) is 11.2. The lowest BCUT2D eigenvalue weighted by atomic mass is 9.82. The normalized spacial score (nSPS) is 17.1. The number of phenolic OH excluding ortho intramolecular Hbond substituents is 1. The van der Waals surface area contributed by atoms with Crippen molar-refractivity contribution in [2.45, 2.75) is 77.0 Å². The molecule has 1 atom stereocenters. The third kappa shape index (κ3) is 5.73. The third-order valence-corrected chi connectivity index (χ3v) is 7.31. The van der Waals surface area contributed by atoms with E-state index < -0.39 is 17.2 Å². The molecule has 0 saturated heterocycles.